The Morgan fingerprint density at radius 3 is 2.63 bits per heavy atom. The first kappa shape index (κ1) is 13.0. The second kappa shape index (κ2) is 5.49. The summed E-state index contributed by atoms with van der Waals surface area (Å²) < 4.78 is 0. The number of nitrogen functional groups attached to an aromatic ring is 1. The van der Waals surface area contributed by atoms with Gasteiger partial charge in [-0.05, 0) is 18.2 Å². The fraction of sp³-hybridized carbons (Fsp3) is 0. The van der Waals surface area contributed by atoms with Crippen molar-refractivity contribution < 1.29 is 4.92 Å². The third-order valence-electron chi connectivity index (χ3n) is 2.30. The maximum Gasteiger partial charge on any atom is 0.283 e. The van der Waals surface area contributed by atoms with Crippen molar-refractivity contribution in [2.24, 2.45) is 5.73 Å². The van der Waals surface area contributed by atoms with Gasteiger partial charge in [0.2, 0.25) is 0 Å². The van der Waals surface area contributed by atoms with E-state index in [-0.39, 0.29) is 11.5 Å². The SMILES string of the molecule is N=C(N)c1ccc(Sc2ccccc2[N+](=O)[O-])cn1. The number of para-hydroxylation sites is 1. The summed E-state index contributed by atoms with van der Waals surface area (Å²) in [6.07, 6.45) is 1.54. The number of hydrogen-bond acceptors (Lipinski definition) is 5. The van der Waals surface area contributed by atoms with Crippen LogP contribution in [-0.4, -0.2) is 15.7 Å². The van der Waals surface area contributed by atoms with Crippen LogP contribution in [0, 0.1) is 15.5 Å². The van der Waals surface area contributed by atoms with Gasteiger partial charge in [-0.25, -0.2) is 0 Å². The zero-order chi connectivity index (χ0) is 13.8. The van der Waals surface area contributed by atoms with Crippen LogP contribution < -0.4 is 5.73 Å². The average Bonchev–Trinajstić information content (AvgIpc) is 2.39. The Kier molecular flexibility index (Phi) is 3.76. The zero-order valence-corrected chi connectivity index (χ0v) is 10.6. The smallest absolute Gasteiger partial charge is 0.283 e. The molecule has 0 saturated heterocycles. The maximum absolute atomic E-state index is 10.9. The molecule has 0 aliphatic heterocycles. The van der Waals surface area contributed by atoms with E-state index in [2.05, 4.69) is 4.98 Å². The molecule has 7 heteroatoms. The molecule has 0 bridgehead atoms. The summed E-state index contributed by atoms with van der Waals surface area (Å²) in [6, 6.07) is 9.85. The summed E-state index contributed by atoms with van der Waals surface area (Å²) in [6.45, 7) is 0. The number of amidine groups is 1. The van der Waals surface area contributed by atoms with Gasteiger partial charge >= 0.3 is 0 Å². The van der Waals surface area contributed by atoms with E-state index in [1.165, 1.54) is 24.0 Å². The molecule has 1 heterocycles. The molecule has 0 aliphatic rings. The number of rotatable bonds is 4. The van der Waals surface area contributed by atoms with Gasteiger partial charge in [-0.3, -0.25) is 20.5 Å². The lowest BCUT2D eigenvalue weighted by Crippen LogP contribution is -2.12. The summed E-state index contributed by atoms with van der Waals surface area (Å²) >= 11 is 1.25. The minimum atomic E-state index is -0.417. The zero-order valence-electron chi connectivity index (χ0n) is 9.74. The summed E-state index contributed by atoms with van der Waals surface area (Å²) in [4.78, 5) is 15.8. The Bertz CT molecular complexity index is 628. The number of nitrogens with zero attached hydrogens (tertiary/aromatic N) is 2. The highest BCUT2D eigenvalue weighted by Gasteiger charge is 2.13. The standard InChI is InChI=1S/C12H10N4O2S/c13-12(14)9-6-5-8(7-15-9)19-11-4-2-1-3-10(11)16(17)18/h1-7H,(H3,13,14). The molecular formula is C12H10N4O2S. The fourth-order valence-electron chi connectivity index (χ4n) is 1.42. The Morgan fingerprint density at radius 1 is 1.32 bits per heavy atom. The van der Waals surface area contributed by atoms with Crippen LogP contribution in [0.2, 0.25) is 0 Å². The minimum Gasteiger partial charge on any atom is -0.382 e. The summed E-state index contributed by atoms with van der Waals surface area (Å²) in [7, 11) is 0. The van der Waals surface area contributed by atoms with Gasteiger partial charge in [0.25, 0.3) is 5.69 Å². The molecule has 1 aromatic heterocycles. The monoisotopic (exact) mass is 274 g/mol. The number of pyridine rings is 1. The van der Waals surface area contributed by atoms with Gasteiger partial charge in [0.05, 0.1) is 9.82 Å². The maximum atomic E-state index is 10.9. The number of hydrogen-bond donors (Lipinski definition) is 2. The van der Waals surface area contributed by atoms with E-state index in [4.69, 9.17) is 11.1 Å². The number of nitrogens with one attached hydrogen (secondary N) is 1. The molecule has 96 valence electrons. The van der Waals surface area contributed by atoms with Crippen LogP contribution in [0.15, 0.2) is 52.4 Å². The molecule has 2 aromatic rings. The second-order valence-electron chi connectivity index (χ2n) is 3.62. The topological polar surface area (TPSA) is 106 Å². The van der Waals surface area contributed by atoms with Crippen molar-refractivity contribution in [2.75, 3.05) is 0 Å². The summed E-state index contributed by atoms with van der Waals surface area (Å²) in [5, 5.41) is 18.1. The molecule has 0 amide bonds. The predicted molar refractivity (Wildman–Crippen MR) is 72.5 cm³/mol. The molecule has 0 aliphatic carbocycles. The Hall–Kier alpha value is -2.41. The largest absolute Gasteiger partial charge is 0.382 e. The van der Waals surface area contributed by atoms with Gasteiger partial charge in [0.15, 0.2) is 0 Å². The van der Waals surface area contributed by atoms with Gasteiger partial charge < -0.3 is 5.73 Å². The third-order valence-corrected chi connectivity index (χ3v) is 3.34. The van der Waals surface area contributed by atoms with E-state index in [9.17, 15) is 10.1 Å². The molecule has 1 aromatic carbocycles. The molecule has 0 fully saturated rings. The van der Waals surface area contributed by atoms with E-state index in [1.807, 2.05) is 0 Å². The van der Waals surface area contributed by atoms with Gasteiger partial charge in [0.1, 0.15) is 11.5 Å². The predicted octanol–water partition coefficient (Wildman–Crippen LogP) is 2.43. The van der Waals surface area contributed by atoms with Crippen molar-refractivity contribution in [3.63, 3.8) is 0 Å². The molecule has 0 unspecified atom stereocenters. The van der Waals surface area contributed by atoms with E-state index < -0.39 is 4.92 Å². The Balaban J connectivity index is 2.26. The van der Waals surface area contributed by atoms with E-state index >= 15 is 0 Å². The van der Waals surface area contributed by atoms with Crippen LogP contribution in [0.25, 0.3) is 0 Å². The molecule has 0 radical (unpaired) electrons. The van der Waals surface area contributed by atoms with Crippen molar-refractivity contribution in [1.29, 1.82) is 5.41 Å². The van der Waals surface area contributed by atoms with Crippen LogP contribution in [0.4, 0.5) is 5.69 Å². The van der Waals surface area contributed by atoms with E-state index in [0.29, 0.717) is 10.6 Å². The first-order valence-electron chi connectivity index (χ1n) is 5.29. The molecular weight excluding hydrogens is 264 g/mol. The van der Waals surface area contributed by atoms with Crippen molar-refractivity contribution in [2.45, 2.75) is 9.79 Å². The number of benzene rings is 1. The van der Waals surface area contributed by atoms with E-state index in [0.717, 1.165) is 4.90 Å². The van der Waals surface area contributed by atoms with Crippen molar-refractivity contribution in [3.05, 3.63) is 58.4 Å². The molecule has 0 spiro atoms. The highest BCUT2D eigenvalue weighted by Crippen LogP contribution is 2.33. The van der Waals surface area contributed by atoms with Crippen LogP contribution in [0.5, 0.6) is 0 Å². The van der Waals surface area contributed by atoms with E-state index in [1.54, 1.807) is 30.3 Å². The van der Waals surface area contributed by atoms with Gasteiger partial charge in [0, 0.05) is 17.2 Å². The third kappa shape index (κ3) is 3.08. The normalized spacial score (nSPS) is 10.1. The van der Waals surface area contributed by atoms with Crippen LogP contribution in [0.1, 0.15) is 5.69 Å². The van der Waals surface area contributed by atoms with Crippen LogP contribution >= 0.6 is 11.8 Å². The van der Waals surface area contributed by atoms with Crippen LogP contribution in [0.3, 0.4) is 0 Å². The van der Waals surface area contributed by atoms with Gasteiger partial charge in [-0.1, -0.05) is 23.9 Å². The van der Waals surface area contributed by atoms with Gasteiger partial charge in [-0.2, -0.15) is 0 Å². The van der Waals surface area contributed by atoms with Crippen molar-refractivity contribution >= 4 is 23.3 Å². The number of nitro groups is 1. The molecule has 2 rings (SSSR count). The van der Waals surface area contributed by atoms with Crippen LogP contribution in [-0.2, 0) is 0 Å². The first-order valence-corrected chi connectivity index (χ1v) is 6.11. The van der Waals surface area contributed by atoms with Crippen molar-refractivity contribution in [3.8, 4) is 0 Å². The quantitative estimate of drug-likeness (QED) is 0.385. The van der Waals surface area contributed by atoms with Gasteiger partial charge in [-0.15, -0.1) is 0 Å². The number of aromatic nitrogens is 1. The lowest BCUT2D eigenvalue weighted by molar-refractivity contribution is -0.387. The highest BCUT2D eigenvalue weighted by molar-refractivity contribution is 7.99. The lowest BCUT2D eigenvalue weighted by Gasteiger charge is -2.03. The highest BCUT2D eigenvalue weighted by atomic mass is 32.2. The molecule has 3 N–H and O–H groups in total. The average molecular weight is 274 g/mol. The molecule has 0 atom stereocenters. The molecule has 0 saturated carbocycles. The minimum absolute atomic E-state index is 0.0585. The number of nitro benzene ring substituents is 1. The van der Waals surface area contributed by atoms with Crippen molar-refractivity contribution in [1.82, 2.24) is 4.98 Å². The lowest BCUT2D eigenvalue weighted by atomic mass is 10.3. The Labute approximate surface area is 113 Å². The first-order chi connectivity index (χ1) is 9.08. The summed E-state index contributed by atoms with van der Waals surface area (Å²) in [5.74, 6) is -0.109. The molecule has 6 nitrogen and oxygen atoms in total. The second-order valence-corrected chi connectivity index (χ2v) is 4.74. The number of nitrogens with two attached hydrogens (primary N) is 1. The summed E-state index contributed by atoms with van der Waals surface area (Å²) in [5.41, 5.74) is 5.74. The fourth-order valence-corrected chi connectivity index (χ4v) is 2.31. The Morgan fingerprint density at radius 2 is 2.05 bits per heavy atom. The molecule has 19 heavy (non-hydrogen) atoms.